The second-order valence-electron chi connectivity index (χ2n) is 5.66. The maximum absolute atomic E-state index is 12.3. The highest BCUT2D eigenvalue weighted by atomic mass is 79.9. The highest BCUT2D eigenvalue weighted by Gasteiger charge is 2.20. The number of morpholine rings is 1. The molecule has 1 saturated heterocycles. The van der Waals surface area contributed by atoms with Gasteiger partial charge in [0.15, 0.2) is 6.10 Å². The van der Waals surface area contributed by atoms with Crippen LogP contribution in [0.4, 0.5) is 0 Å². The molecule has 7 heteroatoms. The largest absolute Gasteiger partial charge is 0.480 e. The van der Waals surface area contributed by atoms with E-state index in [1.54, 1.807) is 25.1 Å². The van der Waals surface area contributed by atoms with Crippen molar-refractivity contribution in [2.24, 2.45) is 0 Å². The van der Waals surface area contributed by atoms with E-state index in [0.29, 0.717) is 10.8 Å². The van der Waals surface area contributed by atoms with Crippen LogP contribution in [0.5, 0.6) is 5.75 Å². The quantitative estimate of drug-likeness (QED) is 0.790. The summed E-state index contributed by atoms with van der Waals surface area (Å²) in [5.74, 6) is 0.463. The van der Waals surface area contributed by atoms with Gasteiger partial charge in [-0.2, -0.15) is 0 Å². The van der Waals surface area contributed by atoms with Crippen LogP contribution in [-0.2, 0) is 9.53 Å². The molecule has 1 aromatic rings. The Kier molecular flexibility index (Phi) is 7.14. The number of hydrogen-bond donors (Lipinski definition) is 1. The molecule has 2 atom stereocenters. The fourth-order valence-corrected chi connectivity index (χ4v) is 3.17. The van der Waals surface area contributed by atoms with Crippen molar-refractivity contribution in [2.45, 2.75) is 26.0 Å². The first kappa shape index (κ1) is 18.5. The van der Waals surface area contributed by atoms with Crippen LogP contribution >= 0.6 is 27.5 Å². The van der Waals surface area contributed by atoms with Crippen molar-refractivity contribution in [2.75, 3.05) is 32.8 Å². The molecular weight excluding hydrogens is 384 g/mol. The Labute approximate surface area is 150 Å². The average molecular weight is 406 g/mol. The lowest BCUT2D eigenvalue weighted by Crippen LogP contribution is -2.48. The van der Waals surface area contributed by atoms with E-state index in [4.69, 9.17) is 21.1 Å². The van der Waals surface area contributed by atoms with E-state index in [1.165, 1.54) is 0 Å². The van der Waals surface area contributed by atoms with E-state index < -0.39 is 6.10 Å². The summed E-state index contributed by atoms with van der Waals surface area (Å²) in [6.45, 7) is 7.87. The number of carbonyl (C=O) groups excluding carboxylic acids is 1. The predicted molar refractivity (Wildman–Crippen MR) is 94.1 cm³/mol. The van der Waals surface area contributed by atoms with Crippen molar-refractivity contribution in [3.05, 3.63) is 27.7 Å². The number of ether oxygens (including phenoxy) is 2. The zero-order chi connectivity index (χ0) is 16.8. The average Bonchev–Trinajstić information content (AvgIpc) is 2.50. The molecule has 0 radical (unpaired) electrons. The SMILES string of the molecule is C[C@@H](CN1CCOCC1)NC(=O)[C@@H](C)Oc1ccc(Cl)cc1Br. The molecule has 5 nitrogen and oxygen atoms in total. The Morgan fingerprint density at radius 2 is 2.13 bits per heavy atom. The van der Waals surface area contributed by atoms with Crippen molar-refractivity contribution in [3.63, 3.8) is 0 Å². The van der Waals surface area contributed by atoms with Gasteiger partial charge in [-0.15, -0.1) is 0 Å². The molecule has 1 aromatic carbocycles. The van der Waals surface area contributed by atoms with Crippen LogP contribution in [0.3, 0.4) is 0 Å². The van der Waals surface area contributed by atoms with Crippen LogP contribution in [0, 0.1) is 0 Å². The summed E-state index contributed by atoms with van der Waals surface area (Å²) in [5.41, 5.74) is 0. The highest BCUT2D eigenvalue weighted by Crippen LogP contribution is 2.28. The van der Waals surface area contributed by atoms with Crippen LogP contribution < -0.4 is 10.1 Å². The Morgan fingerprint density at radius 3 is 2.78 bits per heavy atom. The van der Waals surface area contributed by atoms with Gasteiger partial charge >= 0.3 is 0 Å². The van der Waals surface area contributed by atoms with Gasteiger partial charge in [-0.25, -0.2) is 0 Å². The molecule has 1 fully saturated rings. The summed E-state index contributed by atoms with van der Waals surface area (Å²) >= 11 is 9.28. The first-order valence-electron chi connectivity index (χ1n) is 7.68. The second kappa shape index (κ2) is 8.87. The molecule has 1 N–H and O–H groups in total. The Bertz CT molecular complexity index is 538. The first-order chi connectivity index (χ1) is 11.0. The Balaban J connectivity index is 1.81. The van der Waals surface area contributed by atoms with Gasteiger partial charge in [0.2, 0.25) is 0 Å². The van der Waals surface area contributed by atoms with Crippen LogP contribution in [0.1, 0.15) is 13.8 Å². The highest BCUT2D eigenvalue weighted by molar-refractivity contribution is 9.10. The van der Waals surface area contributed by atoms with E-state index in [2.05, 4.69) is 26.1 Å². The maximum atomic E-state index is 12.3. The third-order valence-electron chi connectivity index (χ3n) is 3.59. The molecule has 1 aliphatic rings. The standard InChI is InChI=1S/C16H22BrClN2O3/c1-11(10-20-5-7-22-8-6-20)19-16(21)12(2)23-15-4-3-13(18)9-14(15)17/h3-4,9,11-12H,5-8,10H2,1-2H3,(H,19,21)/t11-,12+/m0/s1. The molecular formula is C16H22BrClN2O3. The minimum absolute atomic E-state index is 0.0558. The van der Waals surface area contributed by atoms with Crippen molar-refractivity contribution in [3.8, 4) is 5.75 Å². The van der Waals surface area contributed by atoms with Gasteiger partial charge in [-0.3, -0.25) is 9.69 Å². The predicted octanol–water partition coefficient (Wildman–Crippen LogP) is 2.71. The number of rotatable bonds is 6. The maximum Gasteiger partial charge on any atom is 0.261 e. The number of benzene rings is 1. The van der Waals surface area contributed by atoms with Crippen molar-refractivity contribution < 1.29 is 14.3 Å². The zero-order valence-electron chi connectivity index (χ0n) is 13.4. The number of nitrogens with one attached hydrogen (secondary N) is 1. The van der Waals surface area contributed by atoms with Gasteiger partial charge < -0.3 is 14.8 Å². The Hall–Kier alpha value is -0.820. The Morgan fingerprint density at radius 1 is 1.43 bits per heavy atom. The summed E-state index contributed by atoms with van der Waals surface area (Å²) in [4.78, 5) is 14.5. The van der Waals surface area contributed by atoms with E-state index in [9.17, 15) is 4.79 Å². The van der Waals surface area contributed by atoms with Gasteiger partial charge in [0, 0.05) is 30.7 Å². The summed E-state index contributed by atoms with van der Waals surface area (Å²) in [6.07, 6.45) is -0.584. The number of halogens is 2. The van der Waals surface area contributed by atoms with Gasteiger partial charge in [0.25, 0.3) is 5.91 Å². The summed E-state index contributed by atoms with van der Waals surface area (Å²) in [6, 6.07) is 5.27. The van der Waals surface area contributed by atoms with E-state index >= 15 is 0 Å². The number of nitrogens with zero attached hydrogens (tertiary/aromatic N) is 1. The fourth-order valence-electron chi connectivity index (χ4n) is 2.39. The lowest BCUT2D eigenvalue weighted by molar-refractivity contribution is -0.128. The summed E-state index contributed by atoms with van der Waals surface area (Å²) in [7, 11) is 0. The van der Waals surface area contributed by atoms with Crippen molar-refractivity contribution in [1.82, 2.24) is 10.2 Å². The molecule has 1 aliphatic heterocycles. The van der Waals surface area contributed by atoms with Crippen molar-refractivity contribution >= 4 is 33.4 Å². The number of amides is 1. The summed E-state index contributed by atoms with van der Waals surface area (Å²) < 4.78 is 11.8. The molecule has 0 saturated carbocycles. The third-order valence-corrected chi connectivity index (χ3v) is 4.45. The molecule has 23 heavy (non-hydrogen) atoms. The van der Waals surface area contributed by atoms with Crippen molar-refractivity contribution in [1.29, 1.82) is 0 Å². The molecule has 0 aliphatic carbocycles. The van der Waals surface area contributed by atoms with Gasteiger partial charge in [0.05, 0.1) is 17.7 Å². The normalized spacial score (nSPS) is 18.3. The first-order valence-corrected chi connectivity index (χ1v) is 8.85. The van der Waals surface area contributed by atoms with E-state index in [-0.39, 0.29) is 11.9 Å². The second-order valence-corrected chi connectivity index (χ2v) is 6.95. The third kappa shape index (κ3) is 5.95. The van der Waals surface area contributed by atoms with Crippen LogP contribution in [0.2, 0.25) is 5.02 Å². The fraction of sp³-hybridized carbons (Fsp3) is 0.562. The van der Waals surface area contributed by atoms with Gasteiger partial charge in [-0.05, 0) is 48.0 Å². The van der Waals surface area contributed by atoms with E-state index in [1.807, 2.05) is 6.92 Å². The molecule has 1 heterocycles. The number of carbonyl (C=O) groups is 1. The lowest BCUT2D eigenvalue weighted by Gasteiger charge is -2.29. The minimum Gasteiger partial charge on any atom is -0.480 e. The van der Waals surface area contributed by atoms with Gasteiger partial charge in [-0.1, -0.05) is 11.6 Å². The van der Waals surface area contributed by atoms with Crippen LogP contribution in [0.15, 0.2) is 22.7 Å². The summed E-state index contributed by atoms with van der Waals surface area (Å²) in [5, 5.41) is 3.60. The van der Waals surface area contributed by atoms with Gasteiger partial charge in [0.1, 0.15) is 5.75 Å². The van der Waals surface area contributed by atoms with E-state index in [0.717, 1.165) is 37.3 Å². The smallest absolute Gasteiger partial charge is 0.261 e. The zero-order valence-corrected chi connectivity index (χ0v) is 15.7. The lowest BCUT2D eigenvalue weighted by atomic mass is 10.2. The molecule has 0 unspecified atom stereocenters. The molecule has 0 spiro atoms. The van der Waals surface area contributed by atoms with Crippen LogP contribution in [-0.4, -0.2) is 55.8 Å². The minimum atomic E-state index is -0.584. The molecule has 1 amide bonds. The molecule has 0 aromatic heterocycles. The topological polar surface area (TPSA) is 50.8 Å². The number of hydrogen-bond acceptors (Lipinski definition) is 4. The van der Waals surface area contributed by atoms with Crippen LogP contribution in [0.25, 0.3) is 0 Å². The molecule has 2 rings (SSSR count). The monoisotopic (exact) mass is 404 g/mol. The molecule has 128 valence electrons. The molecule has 0 bridgehead atoms.